The Morgan fingerprint density at radius 2 is 0.845 bits per heavy atom. The first-order valence-corrected chi connectivity index (χ1v) is 21.6. The zero-order chi connectivity index (χ0) is 38.2. The predicted octanol–water partition coefficient (Wildman–Crippen LogP) is 16.2. The van der Waals surface area contributed by atoms with E-state index in [4.69, 9.17) is 0 Å². The van der Waals surface area contributed by atoms with Crippen LogP contribution in [0.25, 0.3) is 49.9 Å². The van der Waals surface area contributed by atoms with Gasteiger partial charge in [-0.15, -0.1) is 0 Å². The summed E-state index contributed by atoms with van der Waals surface area (Å²) in [5.74, 6) is 0. The lowest BCUT2D eigenvalue weighted by atomic mass is 9.84. The molecule has 0 radical (unpaired) electrons. The molecule has 0 spiro atoms. The molecule has 58 heavy (non-hydrogen) atoms. The summed E-state index contributed by atoms with van der Waals surface area (Å²) in [6, 6.07) is 67.7. The second-order valence-corrected chi connectivity index (χ2v) is 17.3. The van der Waals surface area contributed by atoms with Gasteiger partial charge in [-0.1, -0.05) is 145 Å². The molecule has 0 fully saturated rings. The van der Waals surface area contributed by atoms with Gasteiger partial charge >= 0.3 is 0 Å². The van der Waals surface area contributed by atoms with Gasteiger partial charge in [-0.25, -0.2) is 0 Å². The van der Waals surface area contributed by atoms with Gasteiger partial charge in [-0.05, 0) is 141 Å². The Hall–Kier alpha value is -6.46. The number of fused-ring (bicyclic) bond motifs is 7. The Balaban J connectivity index is 1.19. The van der Waals surface area contributed by atoms with E-state index in [2.05, 4.69) is 204 Å². The third-order valence-corrected chi connectivity index (χ3v) is 14.1. The van der Waals surface area contributed by atoms with Gasteiger partial charge in [-0.2, -0.15) is 0 Å². The molecule has 9 aromatic carbocycles. The van der Waals surface area contributed by atoms with E-state index >= 15 is 0 Å². The molecule has 4 heteroatoms. The lowest BCUT2D eigenvalue weighted by molar-refractivity contribution is 0.986. The first-order valence-electron chi connectivity index (χ1n) is 20.0. The zero-order valence-electron chi connectivity index (χ0n) is 31.6. The number of nitrogens with zero attached hydrogens (tertiary/aromatic N) is 2. The fraction of sp³-hybridized carbons (Fsp3) is 0.0370. The summed E-state index contributed by atoms with van der Waals surface area (Å²) in [5, 5.41) is 4.99. The van der Waals surface area contributed by atoms with Gasteiger partial charge in [0.25, 0.3) is 0 Å². The molecule has 9 aromatic rings. The molecule has 2 aliphatic heterocycles. The van der Waals surface area contributed by atoms with Gasteiger partial charge in [0.2, 0.25) is 0 Å². The molecular weight excluding hydrogens is 741 g/mol. The van der Waals surface area contributed by atoms with Crippen molar-refractivity contribution in [3.8, 4) is 22.3 Å². The number of para-hydroxylation sites is 4. The standard InChI is InChI=1S/C54H36N2S2/c1-2-15-36(16-3-1)53-43-33-39(55-45-18-6-10-22-49(45)57-50-23-11-7-19-46(50)55)28-30-41(43)54(38-27-26-35-14-4-5-17-37(35)32-38)42-31-29-40(34-44(42)53)56-47-20-8-12-24-51(47)58-52-25-13-9-21-48(52)56/h1-4,6-16,18-34H,5,17H2. The van der Waals surface area contributed by atoms with Crippen LogP contribution in [0.2, 0.25) is 0 Å². The van der Waals surface area contributed by atoms with Crippen molar-refractivity contribution < 1.29 is 0 Å². The molecule has 0 aromatic heterocycles. The molecule has 274 valence electrons. The van der Waals surface area contributed by atoms with Gasteiger partial charge in [0.15, 0.2) is 0 Å². The fourth-order valence-corrected chi connectivity index (χ4v) is 11.4. The molecule has 2 nitrogen and oxygen atoms in total. The number of aryl methyl sites for hydroxylation is 1. The van der Waals surface area contributed by atoms with Gasteiger partial charge in [0.05, 0.1) is 22.7 Å². The summed E-state index contributed by atoms with van der Waals surface area (Å²) < 4.78 is 0. The van der Waals surface area contributed by atoms with Gasteiger partial charge < -0.3 is 9.80 Å². The molecule has 0 unspecified atom stereocenters. The Morgan fingerprint density at radius 3 is 1.36 bits per heavy atom. The average molecular weight is 777 g/mol. The van der Waals surface area contributed by atoms with Crippen LogP contribution in [0.4, 0.5) is 34.1 Å². The molecule has 3 aliphatic rings. The molecule has 0 bridgehead atoms. The number of benzene rings is 9. The van der Waals surface area contributed by atoms with Crippen LogP contribution in [0.5, 0.6) is 0 Å². The second-order valence-electron chi connectivity index (χ2n) is 15.2. The second kappa shape index (κ2) is 13.6. The SMILES string of the molecule is C1=Cc2ccc(-c3c4ccc(N5c6ccccc6Sc6ccccc65)cc4c(-c4ccccc4)c4cc(N5c6ccccc6Sc6ccccc65)ccc34)cc2CC1. The summed E-state index contributed by atoms with van der Waals surface area (Å²) in [4.78, 5) is 9.96. The highest BCUT2D eigenvalue weighted by Gasteiger charge is 2.28. The van der Waals surface area contributed by atoms with Crippen LogP contribution in [0.1, 0.15) is 17.5 Å². The highest BCUT2D eigenvalue weighted by atomic mass is 32.2. The first kappa shape index (κ1) is 33.7. The van der Waals surface area contributed by atoms with Crippen molar-refractivity contribution in [2.24, 2.45) is 0 Å². The highest BCUT2D eigenvalue weighted by molar-refractivity contribution is 8.00. The van der Waals surface area contributed by atoms with Gasteiger partial charge in [0, 0.05) is 31.0 Å². The van der Waals surface area contributed by atoms with E-state index in [-0.39, 0.29) is 0 Å². The summed E-state index contributed by atoms with van der Waals surface area (Å²) >= 11 is 3.70. The van der Waals surface area contributed by atoms with Gasteiger partial charge in [-0.3, -0.25) is 0 Å². The van der Waals surface area contributed by atoms with Gasteiger partial charge in [0.1, 0.15) is 0 Å². The van der Waals surface area contributed by atoms with Crippen molar-refractivity contribution in [2.45, 2.75) is 32.4 Å². The van der Waals surface area contributed by atoms with E-state index in [0.717, 1.165) is 24.2 Å². The van der Waals surface area contributed by atoms with Crippen LogP contribution >= 0.6 is 23.5 Å². The number of rotatable bonds is 4. The minimum atomic E-state index is 1.06. The van der Waals surface area contributed by atoms with Crippen LogP contribution in [-0.4, -0.2) is 0 Å². The molecule has 1 aliphatic carbocycles. The van der Waals surface area contributed by atoms with E-state index in [0.29, 0.717) is 0 Å². The molecule has 0 saturated carbocycles. The van der Waals surface area contributed by atoms with E-state index in [9.17, 15) is 0 Å². The molecular formula is C54H36N2S2. The average Bonchev–Trinajstić information content (AvgIpc) is 3.29. The topological polar surface area (TPSA) is 6.48 Å². The Labute approximate surface area is 347 Å². The van der Waals surface area contributed by atoms with Crippen LogP contribution in [0, 0.1) is 0 Å². The molecule has 2 heterocycles. The van der Waals surface area contributed by atoms with Crippen LogP contribution in [0.15, 0.2) is 208 Å². The number of hydrogen-bond acceptors (Lipinski definition) is 4. The summed E-state index contributed by atoms with van der Waals surface area (Å²) in [6.45, 7) is 0. The van der Waals surface area contributed by atoms with E-state index in [1.807, 2.05) is 23.5 Å². The van der Waals surface area contributed by atoms with Crippen molar-refractivity contribution >= 4 is 85.3 Å². The summed E-state index contributed by atoms with van der Waals surface area (Å²) in [5.41, 5.74) is 14.9. The quantitative estimate of drug-likeness (QED) is 0.164. The third-order valence-electron chi connectivity index (χ3n) is 11.8. The van der Waals surface area contributed by atoms with Crippen molar-refractivity contribution in [1.82, 2.24) is 0 Å². The first-order chi connectivity index (χ1) is 28.8. The van der Waals surface area contributed by atoms with Crippen LogP contribution in [-0.2, 0) is 6.42 Å². The van der Waals surface area contributed by atoms with E-state index in [1.165, 1.54) is 97.3 Å². The molecule has 12 rings (SSSR count). The maximum atomic E-state index is 2.46. The number of anilines is 6. The maximum Gasteiger partial charge on any atom is 0.0601 e. The minimum Gasteiger partial charge on any atom is -0.308 e. The summed E-state index contributed by atoms with van der Waals surface area (Å²) in [7, 11) is 0. The lowest BCUT2D eigenvalue weighted by Gasteiger charge is -2.34. The normalized spacial score (nSPS) is 13.8. The van der Waals surface area contributed by atoms with Crippen molar-refractivity contribution in [3.05, 3.63) is 199 Å². The highest BCUT2D eigenvalue weighted by Crippen LogP contribution is 2.55. The fourth-order valence-electron chi connectivity index (χ4n) is 9.26. The van der Waals surface area contributed by atoms with Crippen molar-refractivity contribution in [3.63, 3.8) is 0 Å². The number of allylic oxidation sites excluding steroid dienone is 1. The number of hydrogen-bond donors (Lipinski definition) is 0. The monoisotopic (exact) mass is 776 g/mol. The van der Waals surface area contributed by atoms with Crippen LogP contribution < -0.4 is 9.80 Å². The Bertz CT molecular complexity index is 2900. The van der Waals surface area contributed by atoms with E-state index in [1.54, 1.807) is 0 Å². The smallest absolute Gasteiger partial charge is 0.0601 e. The summed E-state index contributed by atoms with van der Waals surface area (Å²) in [6.07, 6.45) is 6.72. The Morgan fingerprint density at radius 1 is 0.379 bits per heavy atom. The van der Waals surface area contributed by atoms with Crippen molar-refractivity contribution in [1.29, 1.82) is 0 Å². The maximum absolute atomic E-state index is 2.46. The largest absolute Gasteiger partial charge is 0.308 e. The minimum absolute atomic E-state index is 1.06. The van der Waals surface area contributed by atoms with Crippen molar-refractivity contribution in [2.75, 3.05) is 9.80 Å². The van der Waals surface area contributed by atoms with E-state index < -0.39 is 0 Å². The Kier molecular flexibility index (Phi) is 7.89. The molecule has 0 N–H and O–H groups in total. The molecule has 0 amide bonds. The predicted molar refractivity (Wildman–Crippen MR) is 247 cm³/mol. The van der Waals surface area contributed by atoms with Crippen LogP contribution in [0.3, 0.4) is 0 Å². The lowest BCUT2D eigenvalue weighted by Crippen LogP contribution is -2.15. The third kappa shape index (κ3) is 5.36. The zero-order valence-corrected chi connectivity index (χ0v) is 33.2. The molecule has 0 atom stereocenters. The molecule has 0 saturated heterocycles.